The number of halogens is 1. The molecule has 2 fully saturated rings. The molecule has 1 aromatic rings. The van der Waals surface area contributed by atoms with Crippen LogP contribution >= 0.6 is 12.4 Å². The van der Waals surface area contributed by atoms with Gasteiger partial charge in [0.25, 0.3) is 11.6 Å². The summed E-state index contributed by atoms with van der Waals surface area (Å²) in [6.45, 7) is 2.76. The van der Waals surface area contributed by atoms with Gasteiger partial charge in [0.2, 0.25) is 0 Å². The predicted molar refractivity (Wildman–Crippen MR) is 99.5 cm³/mol. The summed E-state index contributed by atoms with van der Waals surface area (Å²) in [4.78, 5) is 27.7. The summed E-state index contributed by atoms with van der Waals surface area (Å²) in [5.41, 5.74) is 6.80. The van der Waals surface area contributed by atoms with E-state index >= 15 is 0 Å². The summed E-state index contributed by atoms with van der Waals surface area (Å²) < 4.78 is 0. The van der Waals surface area contributed by atoms with Gasteiger partial charge < -0.3 is 15.5 Å². The average Bonchev–Trinajstić information content (AvgIpc) is 3.15. The number of amides is 1. The van der Waals surface area contributed by atoms with Crippen molar-refractivity contribution in [2.45, 2.75) is 38.1 Å². The number of likely N-dealkylation sites (tertiary alicyclic amines) is 1. The lowest BCUT2D eigenvalue weighted by Crippen LogP contribution is -2.47. The molecule has 2 saturated heterocycles. The van der Waals surface area contributed by atoms with Gasteiger partial charge in [0, 0.05) is 43.9 Å². The molecule has 8 heteroatoms. The van der Waals surface area contributed by atoms with Gasteiger partial charge >= 0.3 is 0 Å². The van der Waals surface area contributed by atoms with Crippen molar-refractivity contribution in [1.29, 1.82) is 0 Å². The van der Waals surface area contributed by atoms with Crippen molar-refractivity contribution in [2.75, 3.05) is 31.1 Å². The molecule has 7 nitrogen and oxygen atoms in total. The zero-order valence-electron chi connectivity index (χ0n) is 14.2. The highest BCUT2D eigenvalue weighted by atomic mass is 35.5. The molecule has 2 aliphatic rings. The maximum atomic E-state index is 12.8. The highest BCUT2D eigenvalue weighted by molar-refractivity contribution is 5.96. The highest BCUT2D eigenvalue weighted by Gasteiger charge is 2.29. The van der Waals surface area contributed by atoms with E-state index in [1.807, 2.05) is 4.90 Å². The summed E-state index contributed by atoms with van der Waals surface area (Å²) >= 11 is 0. The minimum Gasteiger partial charge on any atom is -0.366 e. The van der Waals surface area contributed by atoms with Gasteiger partial charge in [-0.3, -0.25) is 14.9 Å². The van der Waals surface area contributed by atoms with Crippen molar-refractivity contribution in [3.63, 3.8) is 0 Å². The van der Waals surface area contributed by atoms with Crippen LogP contribution in [0.1, 0.15) is 42.5 Å². The number of hydrogen-bond donors (Lipinski definition) is 1. The third kappa shape index (κ3) is 4.04. The number of nitrogens with zero attached hydrogens (tertiary/aromatic N) is 3. The second-order valence-electron chi connectivity index (χ2n) is 6.54. The molecule has 138 valence electrons. The molecule has 1 atom stereocenters. The third-order valence-electron chi connectivity index (χ3n) is 5.03. The minimum absolute atomic E-state index is 0. The van der Waals surface area contributed by atoms with Gasteiger partial charge in [0.15, 0.2) is 0 Å². The Kier molecular flexibility index (Phi) is 6.61. The molecule has 2 heterocycles. The summed E-state index contributed by atoms with van der Waals surface area (Å²) in [6, 6.07) is 4.89. The van der Waals surface area contributed by atoms with Crippen molar-refractivity contribution in [2.24, 2.45) is 5.73 Å². The number of rotatable bonds is 4. The van der Waals surface area contributed by atoms with E-state index in [9.17, 15) is 14.9 Å². The van der Waals surface area contributed by atoms with Crippen molar-refractivity contribution in [3.05, 3.63) is 33.9 Å². The zero-order valence-corrected chi connectivity index (χ0v) is 15.0. The van der Waals surface area contributed by atoms with Crippen LogP contribution in [0, 0.1) is 10.1 Å². The van der Waals surface area contributed by atoms with E-state index in [4.69, 9.17) is 5.73 Å². The minimum atomic E-state index is -0.388. The molecule has 0 spiro atoms. The fraction of sp³-hybridized carbons (Fsp3) is 0.588. The zero-order chi connectivity index (χ0) is 17.1. The molecular weight excluding hydrogens is 344 g/mol. The van der Waals surface area contributed by atoms with Crippen LogP contribution in [0.2, 0.25) is 0 Å². The van der Waals surface area contributed by atoms with E-state index in [-0.39, 0.29) is 35.0 Å². The van der Waals surface area contributed by atoms with Gasteiger partial charge in [-0.05, 0) is 44.2 Å². The first-order valence-electron chi connectivity index (χ1n) is 8.66. The van der Waals surface area contributed by atoms with Gasteiger partial charge in [-0.15, -0.1) is 12.4 Å². The number of anilines is 1. The van der Waals surface area contributed by atoms with E-state index in [1.165, 1.54) is 6.07 Å². The molecule has 0 aromatic heterocycles. The van der Waals surface area contributed by atoms with Crippen LogP contribution in [0.5, 0.6) is 0 Å². The van der Waals surface area contributed by atoms with E-state index < -0.39 is 0 Å². The Morgan fingerprint density at radius 1 is 1.20 bits per heavy atom. The van der Waals surface area contributed by atoms with E-state index in [0.717, 1.165) is 45.2 Å². The predicted octanol–water partition coefficient (Wildman–Crippen LogP) is 2.57. The third-order valence-corrected chi connectivity index (χ3v) is 5.03. The topological polar surface area (TPSA) is 92.7 Å². The van der Waals surface area contributed by atoms with Crippen molar-refractivity contribution in [3.8, 4) is 0 Å². The number of nitro benzene ring substituents is 1. The van der Waals surface area contributed by atoms with Gasteiger partial charge in [-0.1, -0.05) is 0 Å². The maximum absolute atomic E-state index is 12.8. The molecule has 1 amide bonds. The first-order chi connectivity index (χ1) is 11.6. The summed E-state index contributed by atoms with van der Waals surface area (Å²) in [5.74, 6) is -0.152. The SMILES string of the molecule is Cl.NCC1CCCCN1C(=O)c1ccc(N2CCCC2)c([N+](=O)[O-])c1. The lowest BCUT2D eigenvalue weighted by atomic mass is 10.0. The van der Waals surface area contributed by atoms with Crippen LogP contribution in [-0.2, 0) is 0 Å². The highest BCUT2D eigenvalue weighted by Crippen LogP contribution is 2.32. The number of piperidine rings is 1. The summed E-state index contributed by atoms with van der Waals surface area (Å²) in [5, 5.41) is 11.5. The lowest BCUT2D eigenvalue weighted by Gasteiger charge is -2.35. The van der Waals surface area contributed by atoms with Gasteiger partial charge in [0.05, 0.1) is 4.92 Å². The van der Waals surface area contributed by atoms with Gasteiger partial charge in [0.1, 0.15) is 5.69 Å². The fourth-order valence-corrected chi connectivity index (χ4v) is 3.71. The first kappa shape index (κ1) is 19.5. The number of nitrogens with two attached hydrogens (primary N) is 1. The molecule has 0 aliphatic carbocycles. The molecule has 2 aliphatic heterocycles. The Hall–Kier alpha value is -1.86. The normalized spacial score (nSPS) is 20.3. The van der Waals surface area contributed by atoms with Gasteiger partial charge in [-0.25, -0.2) is 0 Å². The van der Waals surface area contributed by atoms with E-state index in [0.29, 0.717) is 24.3 Å². The van der Waals surface area contributed by atoms with Crippen LogP contribution < -0.4 is 10.6 Å². The molecule has 2 N–H and O–H groups in total. The van der Waals surface area contributed by atoms with Crippen molar-refractivity contribution < 1.29 is 9.72 Å². The average molecular weight is 369 g/mol. The van der Waals surface area contributed by atoms with Crippen LogP contribution in [0.4, 0.5) is 11.4 Å². The van der Waals surface area contributed by atoms with Crippen molar-refractivity contribution >= 4 is 29.7 Å². The van der Waals surface area contributed by atoms with Crippen molar-refractivity contribution in [1.82, 2.24) is 4.90 Å². The Bertz CT molecular complexity index is 634. The molecule has 0 saturated carbocycles. The summed E-state index contributed by atoms with van der Waals surface area (Å²) in [7, 11) is 0. The smallest absolute Gasteiger partial charge is 0.293 e. The van der Waals surface area contributed by atoms with E-state index in [2.05, 4.69) is 0 Å². The van der Waals surface area contributed by atoms with Gasteiger partial charge in [-0.2, -0.15) is 0 Å². The number of carbonyl (C=O) groups excluding carboxylic acids is 1. The van der Waals surface area contributed by atoms with Crippen LogP contribution in [0.15, 0.2) is 18.2 Å². The second-order valence-corrected chi connectivity index (χ2v) is 6.54. The number of benzene rings is 1. The van der Waals surface area contributed by atoms with Crippen LogP contribution in [0.25, 0.3) is 0 Å². The fourth-order valence-electron chi connectivity index (χ4n) is 3.71. The Morgan fingerprint density at radius 2 is 1.88 bits per heavy atom. The second kappa shape index (κ2) is 8.49. The Morgan fingerprint density at radius 3 is 2.52 bits per heavy atom. The quantitative estimate of drug-likeness (QED) is 0.651. The molecule has 25 heavy (non-hydrogen) atoms. The monoisotopic (exact) mass is 368 g/mol. The molecule has 0 bridgehead atoms. The summed E-state index contributed by atoms with van der Waals surface area (Å²) in [6.07, 6.45) is 5.01. The molecule has 3 rings (SSSR count). The molecule has 0 radical (unpaired) electrons. The number of hydrogen-bond acceptors (Lipinski definition) is 5. The largest absolute Gasteiger partial charge is 0.366 e. The first-order valence-corrected chi connectivity index (χ1v) is 8.66. The van der Waals surface area contributed by atoms with Crippen LogP contribution in [0.3, 0.4) is 0 Å². The molecule has 1 aromatic carbocycles. The Balaban J connectivity index is 0.00000225. The maximum Gasteiger partial charge on any atom is 0.293 e. The van der Waals surface area contributed by atoms with Crippen LogP contribution in [-0.4, -0.2) is 48.0 Å². The molecular formula is C17H25ClN4O3. The standard InChI is InChI=1S/C17H24N4O3.ClH/c18-12-14-5-1-2-10-20(14)17(22)13-6-7-15(16(11-13)21(23)24)19-8-3-4-9-19;/h6-7,11,14H,1-5,8-10,12,18H2;1H. The number of carbonyl (C=O) groups is 1. The number of nitro groups is 1. The Labute approximate surface area is 153 Å². The van der Waals surface area contributed by atoms with E-state index in [1.54, 1.807) is 17.0 Å². The lowest BCUT2D eigenvalue weighted by molar-refractivity contribution is -0.384. The molecule has 1 unspecified atom stereocenters.